The highest BCUT2D eigenvalue weighted by Gasteiger charge is 2.14. The predicted octanol–water partition coefficient (Wildman–Crippen LogP) is 35.1. The molecule has 0 spiro atoms. The first-order chi connectivity index (χ1) is 62.5. The van der Waals surface area contributed by atoms with Gasteiger partial charge in [0.15, 0.2) is 0 Å². The lowest BCUT2D eigenvalue weighted by Crippen LogP contribution is -2.10. The third-order valence-electron chi connectivity index (χ3n) is 21.0. The Kier molecular flexibility index (Phi) is 62.3. The number of phenolic OH excluding ortho intramolecular Hbond substituents is 1. The molecule has 0 aliphatic rings. The molecule has 11 aromatic rings. The number of carbonyl (C=O) groups excluding carboxylic acids is 1. The number of anilines is 2. The van der Waals surface area contributed by atoms with E-state index >= 15 is 0 Å². The van der Waals surface area contributed by atoms with Gasteiger partial charge in [0.1, 0.15) is 17.3 Å². The lowest BCUT2D eigenvalue weighted by molar-refractivity contribution is -0.116. The molecule has 11 rings (SSSR count). The summed E-state index contributed by atoms with van der Waals surface area (Å²) < 4.78 is 5.57. The first-order valence-corrected chi connectivity index (χ1v) is 50.6. The molecule has 0 amide bonds. The molecule has 0 saturated heterocycles. The highest BCUT2D eigenvalue weighted by atomic mass is 16.5. The van der Waals surface area contributed by atoms with Crippen molar-refractivity contribution < 1.29 is 14.6 Å². The van der Waals surface area contributed by atoms with Gasteiger partial charge < -0.3 is 20.5 Å². The van der Waals surface area contributed by atoms with Crippen LogP contribution in [0.2, 0.25) is 0 Å². The van der Waals surface area contributed by atoms with E-state index in [-0.39, 0.29) is 17.3 Å². The van der Waals surface area contributed by atoms with E-state index in [0.29, 0.717) is 29.9 Å². The van der Waals surface area contributed by atoms with E-state index in [0.717, 1.165) is 96.4 Å². The summed E-state index contributed by atoms with van der Waals surface area (Å²) in [6.45, 7) is 72.5. The van der Waals surface area contributed by atoms with Crippen LogP contribution < -0.4 is 15.4 Å². The van der Waals surface area contributed by atoms with Crippen molar-refractivity contribution in [3.05, 3.63) is 367 Å². The van der Waals surface area contributed by atoms with Gasteiger partial charge in [-0.25, -0.2) is 0 Å². The summed E-state index contributed by atoms with van der Waals surface area (Å²) in [5.74, 6) is 9.63. The van der Waals surface area contributed by atoms with Crippen LogP contribution in [0.4, 0.5) is 11.4 Å². The summed E-state index contributed by atoms with van der Waals surface area (Å²) in [4.78, 5) is 13.0. The zero-order chi connectivity index (χ0) is 100. The largest absolute Gasteiger partial charge is 0.508 e. The maximum atomic E-state index is 10.9. The monoisotopic (exact) mass is 1800 g/mol. The standard InChI is InChI=1S/C14H22.C13H20O.C13H18O.C12H19N.C12H18.4C11H16.C10H15N.C10H14O/c1-11(2)10-12-6-8-13(9-7-12)14(3,4)5;1-10(2)9-12-5-7-13(8-6-12)14-11(3)4;1-10(2)8-12-4-6-13(7-5-12)9-11(3)14;1-10(2)9-11-5-7-12(8-6-11)13(3)4;1-4-11-5-7-12(8-6-11)9-10(2)3;2*1-9(2)8-11-6-4-10(3)5-7-11;1-9(2)7-11-6-4-5-10(3)8-11;1-9(2)8-11-7-5-4-6-10(11)3;2*1-8(2)7-9-3-5-10(11)6-4-9/h6-9,11H,10H2,1-5H3;5-8,10-11H,9H2,1-4H3;4-7,10H,8-9H2,1-3H3;5-8,10H,9H2,1-4H3;5-8,10H,4,9H2,1-3H3;2*4-7,9H,8H2,1-3H3;4-6,8-9H,7H2,1-3H3;4-7,9H,8H2,1-3H3;3-6,8H,7,11H2,1-2H3;3-6,8,11H,7H2,1-2H3. The second-order valence-electron chi connectivity index (χ2n) is 43.1. The Morgan fingerprint density at radius 3 is 0.887 bits per heavy atom. The predicted molar refractivity (Wildman–Crippen MR) is 592 cm³/mol. The molecule has 0 unspecified atom stereocenters. The summed E-state index contributed by atoms with van der Waals surface area (Å²) in [6, 6.07) is 94.0. The van der Waals surface area contributed by atoms with E-state index in [1.807, 2.05) is 38.1 Å². The van der Waals surface area contributed by atoms with Crippen molar-refractivity contribution in [2.75, 3.05) is 24.7 Å². The molecular formula is C128H190N2O3. The van der Waals surface area contributed by atoms with Crippen molar-refractivity contribution in [3.63, 3.8) is 0 Å². The molecule has 0 fully saturated rings. The zero-order valence-corrected chi connectivity index (χ0v) is 90.8. The molecule has 0 radical (unpaired) electrons. The minimum Gasteiger partial charge on any atom is -0.508 e. The van der Waals surface area contributed by atoms with Gasteiger partial charge in [-0.3, -0.25) is 4.79 Å². The van der Waals surface area contributed by atoms with Crippen molar-refractivity contribution in [2.45, 2.75) is 323 Å². The molecule has 5 nitrogen and oxygen atoms in total. The molecule has 0 aliphatic carbocycles. The fourth-order valence-corrected chi connectivity index (χ4v) is 14.6. The molecule has 0 aromatic heterocycles. The van der Waals surface area contributed by atoms with Crippen molar-refractivity contribution >= 4 is 17.2 Å². The maximum absolute atomic E-state index is 10.9. The minimum atomic E-state index is 0.224. The third-order valence-corrected chi connectivity index (χ3v) is 21.0. The van der Waals surface area contributed by atoms with Crippen molar-refractivity contribution in [1.29, 1.82) is 0 Å². The highest BCUT2D eigenvalue weighted by Crippen LogP contribution is 2.25. The smallest absolute Gasteiger partial charge is 0.134 e. The molecule has 133 heavy (non-hydrogen) atoms. The highest BCUT2D eigenvalue weighted by molar-refractivity contribution is 5.78. The molecule has 730 valence electrons. The van der Waals surface area contributed by atoms with Gasteiger partial charge in [0.2, 0.25) is 0 Å². The molecular weight excluding hydrogens is 1610 g/mol. The van der Waals surface area contributed by atoms with Crippen molar-refractivity contribution in [3.8, 4) is 11.5 Å². The Bertz CT molecular complexity index is 4450. The lowest BCUT2D eigenvalue weighted by Gasteiger charge is -2.19. The number of hydrogen-bond acceptors (Lipinski definition) is 5. The van der Waals surface area contributed by atoms with Crippen LogP contribution in [0, 0.1) is 92.8 Å². The average Bonchev–Trinajstić information content (AvgIpc) is 0.859. The number of hydrogen-bond donors (Lipinski definition) is 2. The molecule has 3 N–H and O–H groups in total. The van der Waals surface area contributed by atoms with Gasteiger partial charge in [-0.15, -0.1) is 0 Å². The summed E-state index contributed by atoms with van der Waals surface area (Å²) in [6.07, 6.45) is 14.8. The van der Waals surface area contributed by atoms with Gasteiger partial charge in [0.25, 0.3) is 0 Å². The molecule has 5 heteroatoms. The summed E-state index contributed by atoms with van der Waals surface area (Å²) in [5, 5.41) is 8.99. The Labute approximate surface area is 818 Å². The van der Waals surface area contributed by atoms with E-state index < -0.39 is 0 Å². The van der Waals surface area contributed by atoms with Crippen LogP contribution in [0.25, 0.3) is 0 Å². The number of rotatable bonds is 28. The first kappa shape index (κ1) is 121. The lowest BCUT2D eigenvalue weighted by atomic mass is 9.86. The van der Waals surface area contributed by atoms with Crippen LogP contribution in [-0.2, 0) is 93.7 Å². The molecule has 0 atom stereocenters. The number of phenols is 1. The fraction of sp³-hybridized carbons (Fsp3) is 0.477. The van der Waals surface area contributed by atoms with Gasteiger partial charge in [0, 0.05) is 31.9 Å². The zero-order valence-electron chi connectivity index (χ0n) is 90.8. The first-order valence-electron chi connectivity index (χ1n) is 50.6. The summed E-state index contributed by atoms with van der Waals surface area (Å²) in [5.41, 5.74) is 33.0. The number of benzene rings is 11. The molecule has 0 bridgehead atoms. The number of aromatic hydroxyl groups is 1. The van der Waals surface area contributed by atoms with Crippen LogP contribution >= 0.6 is 0 Å². The molecule has 11 aromatic carbocycles. The Morgan fingerprint density at radius 1 is 0.316 bits per heavy atom. The number of nitrogens with two attached hydrogens (primary N) is 1. The van der Waals surface area contributed by atoms with Gasteiger partial charge >= 0.3 is 0 Å². The number of ether oxygens (including phenoxy) is 1. The number of nitrogens with zero attached hydrogens (tertiary/aromatic N) is 1. The van der Waals surface area contributed by atoms with Crippen LogP contribution in [0.1, 0.15) is 301 Å². The van der Waals surface area contributed by atoms with Gasteiger partial charge in [-0.05, 0) is 328 Å². The van der Waals surface area contributed by atoms with E-state index in [1.165, 1.54) is 145 Å². The number of nitrogen functional groups attached to an aromatic ring is 1. The van der Waals surface area contributed by atoms with Crippen LogP contribution in [-0.4, -0.2) is 31.1 Å². The topological polar surface area (TPSA) is 75.8 Å². The normalized spacial score (nSPS) is 10.8. The number of aryl methyl sites for hydroxylation is 5. The Balaban J connectivity index is 0.000000732. The van der Waals surface area contributed by atoms with Crippen molar-refractivity contribution in [2.24, 2.45) is 65.1 Å². The van der Waals surface area contributed by atoms with Crippen LogP contribution in [0.15, 0.2) is 267 Å². The van der Waals surface area contributed by atoms with Gasteiger partial charge in [-0.2, -0.15) is 0 Å². The Morgan fingerprint density at radius 2 is 0.594 bits per heavy atom. The minimum absolute atomic E-state index is 0.224. The molecule has 0 saturated carbocycles. The third kappa shape index (κ3) is 64.8. The van der Waals surface area contributed by atoms with E-state index in [4.69, 9.17) is 15.6 Å². The van der Waals surface area contributed by atoms with E-state index in [9.17, 15) is 4.79 Å². The SMILES string of the molecule is CC(=O)Cc1ccc(CC(C)C)cc1.CC(C)Cc1ccc(C(C)(C)C)cc1.CC(C)Cc1ccc(N(C)C)cc1.CC(C)Cc1ccc(N)cc1.CC(C)Cc1ccc(O)cc1.CC(C)Cc1ccc(OC(C)C)cc1.CCc1ccc(CC(C)C)cc1.Cc1ccc(CC(C)C)cc1.Cc1ccc(CC(C)C)cc1.Cc1cccc(CC(C)C)c1.Cc1ccccc1CC(C)C. The van der Waals surface area contributed by atoms with E-state index in [2.05, 4.69) is 457 Å². The number of ketones is 1. The number of Topliss-reactive ketones (excluding diaryl/α,β-unsaturated/α-hetero) is 1. The van der Waals surface area contributed by atoms with Crippen molar-refractivity contribution in [1.82, 2.24) is 0 Å². The van der Waals surface area contributed by atoms with Gasteiger partial charge in [-0.1, -0.05) is 415 Å². The summed E-state index contributed by atoms with van der Waals surface area (Å²) in [7, 11) is 4.13. The molecule has 0 heterocycles. The maximum Gasteiger partial charge on any atom is 0.134 e. The second-order valence-corrected chi connectivity index (χ2v) is 43.1. The number of carbonyl (C=O) groups is 1. The average molecular weight is 1800 g/mol. The van der Waals surface area contributed by atoms with Crippen LogP contribution in [0.3, 0.4) is 0 Å². The fourth-order valence-electron chi connectivity index (χ4n) is 14.6. The molecule has 0 aliphatic heterocycles. The van der Waals surface area contributed by atoms with E-state index in [1.54, 1.807) is 19.1 Å². The summed E-state index contributed by atoms with van der Waals surface area (Å²) >= 11 is 0. The quantitative estimate of drug-likeness (QED) is 0.0478. The second kappa shape index (κ2) is 68.3. The van der Waals surface area contributed by atoms with Gasteiger partial charge in [0.05, 0.1) is 6.10 Å². The van der Waals surface area contributed by atoms with Crippen LogP contribution in [0.5, 0.6) is 11.5 Å². The Hall–Kier alpha value is -9.71.